The van der Waals surface area contributed by atoms with E-state index in [1.54, 1.807) is 17.4 Å². The summed E-state index contributed by atoms with van der Waals surface area (Å²) >= 11 is 0.179. The molecule has 0 N–H and O–H groups in total. The largest absolute Gasteiger partial charge is 0.369 e. The summed E-state index contributed by atoms with van der Waals surface area (Å²) in [5.41, 5.74) is 0. The van der Waals surface area contributed by atoms with Crippen molar-refractivity contribution >= 4 is 20.4 Å². The van der Waals surface area contributed by atoms with Gasteiger partial charge in [0.05, 0.1) is 0 Å². The van der Waals surface area contributed by atoms with E-state index in [1.807, 2.05) is 0 Å². The summed E-state index contributed by atoms with van der Waals surface area (Å²) in [5.74, 6) is 1.07. The highest BCUT2D eigenvalue weighted by Gasteiger charge is 2.20. The molecule has 0 aromatic heterocycles. The fourth-order valence-electron chi connectivity index (χ4n) is 3.69. The molecule has 21 heavy (non-hydrogen) atoms. The molecule has 0 bridgehead atoms. The number of hydrogen-bond acceptors (Lipinski definition) is 0. The summed E-state index contributed by atoms with van der Waals surface area (Å²) in [7, 11) is 0. The van der Waals surface area contributed by atoms with Crippen molar-refractivity contribution in [1.29, 1.82) is 0 Å². The number of unbranched alkanes of at least 4 members (excludes halogenated alkanes) is 7. The minimum atomic E-state index is 0.179. The van der Waals surface area contributed by atoms with Crippen LogP contribution in [0, 0.1) is 5.92 Å². The minimum absolute atomic E-state index is 0.179. The van der Waals surface area contributed by atoms with Gasteiger partial charge in [-0.2, -0.15) is 0 Å². The molecule has 0 aliphatic carbocycles. The summed E-state index contributed by atoms with van der Waals surface area (Å²) in [6, 6.07) is 0. The lowest BCUT2D eigenvalue weighted by molar-refractivity contribution is 0.400. The average Bonchev–Trinajstić information content (AvgIpc) is 2.51. The second kappa shape index (κ2) is 17.1. The van der Waals surface area contributed by atoms with Gasteiger partial charge in [0, 0.05) is 0 Å². The van der Waals surface area contributed by atoms with Gasteiger partial charge in [0.2, 0.25) is 0 Å². The van der Waals surface area contributed by atoms with Gasteiger partial charge in [-0.3, -0.25) is 0 Å². The standard InChI is InChI=1S/C12H25.C8H17.Mg/c1-4-7-9-11-12(6-3)10-8-5-2;1-3-5-7-8-6-4-2;/h11-12H,4-10H2,1-3H3;1,3-8H2,2H3;. The molecular formula is C20H42Mg. The highest BCUT2D eigenvalue weighted by atomic mass is 24.5. The Morgan fingerprint density at radius 2 is 1.19 bits per heavy atom. The van der Waals surface area contributed by atoms with E-state index >= 15 is 0 Å². The molecule has 1 heteroatoms. The lowest BCUT2D eigenvalue weighted by atomic mass is 9.92. The van der Waals surface area contributed by atoms with Gasteiger partial charge in [-0.05, 0) is 0 Å². The smallest absolute Gasteiger partial charge is 0.145 e. The maximum Gasteiger partial charge on any atom is 0.369 e. The average molecular weight is 307 g/mol. The Hall–Kier alpha value is 0.766. The van der Waals surface area contributed by atoms with Gasteiger partial charge >= 0.3 is 20.4 Å². The molecule has 2 unspecified atom stereocenters. The van der Waals surface area contributed by atoms with Gasteiger partial charge in [-0.15, -0.1) is 8.60 Å². The molecule has 0 amide bonds. The fourth-order valence-corrected chi connectivity index (χ4v) is 6.47. The van der Waals surface area contributed by atoms with Crippen molar-refractivity contribution in [2.75, 3.05) is 0 Å². The molecule has 0 saturated carbocycles. The summed E-state index contributed by atoms with van der Waals surface area (Å²) < 4.78 is 2.79. The molecule has 0 rings (SSSR count). The maximum atomic E-state index is 2.44. The highest BCUT2D eigenvalue weighted by Crippen LogP contribution is 2.32. The predicted molar refractivity (Wildman–Crippen MR) is 101 cm³/mol. The molecule has 0 nitrogen and oxygen atoms in total. The summed E-state index contributed by atoms with van der Waals surface area (Å²) in [5, 5.41) is 0. The molecule has 0 aliphatic rings. The van der Waals surface area contributed by atoms with Gasteiger partial charge < -0.3 is 0 Å². The predicted octanol–water partition coefficient (Wildman–Crippen LogP) is 7.66. The zero-order valence-corrected chi connectivity index (χ0v) is 17.2. The van der Waals surface area contributed by atoms with Crippen molar-refractivity contribution in [2.45, 2.75) is 120 Å². The number of hydrogen-bond donors (Lipinski definition) is 0. The Balaban J connectivity index is 3.92. The third-order valence-corrected chi connectivity index (χ3v) is 7.95. The lowest BCUT2D eigenvalue weighted by Gasteiger charge is -2.26. The molecule has 0 aromatic carbocycles. The maximum absolute atomic E-state index is 2.44. The summed E-state index contributed by atoms with van der Waals surface area (Å²) in [4.78, 5) is 0. The van der Waals surface area contributed by atoms with Crippen LogP contribution < -0.4 is 0 Å². The van der Waals surface area contributed by atoms with E-state index in [0.29, 0.717) is 0 Å². The van der Waals surface area contributed by atoms with E-state index in [1.165, 1.54) is 70.6 Å². The Morgan fingerprint density at radius 3 is 1.81 bits per heavy atom. The molecular weight excluding hydrogens is 265 g/mol. The van der Waals surface area contributed by atoms with Crippen molar-refractivity contribution in [1.82, 2.24) is 0 Å². The topological polar surface area (TPSA) is 0 Å². The molecule has 2 atom stereocenters. The summed E-state index contributed by atoms with van der Waals surface area (Å²) in [6.07, 6.45) is 19.1. The molecule has 0 fully saturated rings. The van der Waals surface area contributed by atoms with Crippen LogP contribution in [0.25, 0.3) is 0 Å². The van der Waals surface area contributed by atoms with E-state index in [0.717, 1.165) is 9.97 Å². The second-order valence-corrected chi connectivity index (χ2v) is 9.46. The molecule has 0 radical (unpaired) electrons. The Bertz CT molecular complexity index is 190. The first-order valence-corrected chi connectivity index (χ1v) is 12.1. The van der Waals surface area contributed by atoms with Crippen LogP contribution in [0.2, 0.25) is 8.60 Å². The normalized spacial score (nSPS) is 13.9. The van der Waals surface area contributed by atoms with Crippen LogP contribution in [0.3, 0.4) is 0 Å². The van der Waals surface area contributed by atoms with Gasteiger partial charge in [0.25, 0.3) is 0 Å². The van der Waals surface area contributed by atoms with Crippen LogP contribution in [0.1, 0.15) is 111 Å². The molecule has 124 valence electrons. The van der Waals surface area contributed by atoms with Crippen molar-refractivity contribution < 1.29 is 0 Å². The van der Waals surface area contributed by atoms with Crippen molar-refractivity contribution in [3.63, 3.8) is 0 Å². The van der Waals surface area contributed by atoms with Crippen LogP contribution >= 0.6 is 0 Å². The first-order chi connectivity index (χ1) is 10.3. The minimum Gasteiger partial charge on any atom is -0.145 e. The van der Waals surface area contributed by atoms with Gasteiger partial charge in [0.15, 0.2) is 0 Å². The molecule has 0 aromatic rings. The van der Waals surface area contributed by atoms with E-state index in [9.17, 15) is 0 Å². The van der Waals surface area contributed by atoms with Crippen LogP contribution in [-0.4, -0.2) is 20.4 Å². The van der Waals surface area contributed by atoms with Gasteiger partial charge in [-0.25, -0.2) is 0 Å². The van der Waals surface area contributed by atoms with Crippen molar-refractivity contribution in [3.05, 3.63) is 0 Å². The van der Waals surface area contributed by atoms with Crippen molar-refractivity contribution in [2.24, 2.45) is 5.92 Å². The van der Waals surface area contributed by atoms with Gasteiger partial charge in [-0.1, -0.05) is 117 Å². The first kappa shape index (κ1) is 21.8. The van der Waals surface area contributed by atoms with Crippen LogP contribution in [0.5, 0.6) is 0 Å². The summed E-state index contributed by atoms with van der Waals surface area (Å²) in [6.45, 7) is 9.46. The SMILES string of the molecule is CCCCCCC[CH2][Mg][CH](CCCC)C(CC)CCCC. The van der Waals surface area contributed by atoms with E-state index in [2.05, 4.69) is 27.7 Å². The molecule has 0 spiro atoms. The fraction of sp³-hybridized carbons (Fsp3) is 1.00. The first-order valence-electron chi connectivity index (χ1n) is 10.3. The number of rotatable bonds is 16. The van der Waals surface area contributed by atoms with E-state index < -0.39 is 0 Å². The Morgan fingerprint density at radius 1 is 0.619 bits per heavy atom. The van der Waals surface area contributed by atoms with Crippen LogP contribution in [0.15, 0.2) is 0 Å². The molecule has 0 saturated heterocycles. The molecule has 0 heterocycles. The quantitative estimate of drug-likeness (QED) is 0.203. The zero-order chi connectivity index (χ0) is 15.8. The third-order valence-electron chi connectivity index (χ3n) is 5.23. The Kier molecular flexibility index (Phi) is 17.8. The van der Waals surface area contributed by atoms with Crippen LogP contribution in [-0.2, 0) is 0 Å². The van der Waals surface area contributed by atoms with Crippen LogP contribution in [0.4, 0.5) is 0 Å². The van der Waals surface area contributed by atoms with Gasteiger partial charge in [0.1, 0.15) is 0 Å². The van der Waals surface area contributed by atoms with E-state index in [4.69, 9.17) is 0 Å². The lowest BCUT2D eigenvalue weighted by Crippen LogP contribution is -2.15. The van der Waals surface area contributed by atoms with E-state index in [-0.39, 0.29) is 20.4 Å². The second-order valence-electron chi connectivity index (χ2n) is 7.12. The monoisotopic (exact) mass is 306 g/mol. The zero-order valence-electron chi connectivity index (χ0n) is 15.8. The Labute approximate surface area is 146 Å². The third kappa shape index (κ3) is 12.9. The molecule has 0 aliphatic heterocycles. The van der Waals surface area contributed by atoms with Crippen molar-refractivity contribution in [3.8, 4) is 0 Å². The highest BCUT2D eigenvalue weighted by molar-refractivity contribution is 6.37.